The second-order valence-corrected chi connectivity index (χ2v) is 3.74. The van der Waals surface area contributed by atoms with E-state index in [0.717, 1.165) is 25.0 Å². The van der Waals surface area contributed by atoms with Gasteiger partial charge in [-0.25, -0.2) is 4.39 Å². The lowest BCUT2D eigenvalue weighted by molar-refractivity contribution is -0.140. The average Bonchev–Trinajstić information content (AvgIpc) is 2.29. The smallest absolute Gasteiger partial charge is 0.330 e. The van der Waals surface area contributed by atoms with Gasteiger partial charge in [-0.1, -0.05) is 11.8 Å². The minimum absolute atomic E-state index is 0.163. The van der Waals surface area contributed by atoms with Crippen molar-refractivity contribution < 1.29 is 17.6 Å². The van der Waals surface area contributed by atoms with Crippen molar-refractivity contribution in [1.82, 2.24) is 0 Å². The highest BCUT2D eigenvalue weighted by Gasteiger charge is 2.34. The van der Waals surface area contributed by atoms with Gasteiger partial charge >= 0.3 is 6.18 Å². The molecule has 0 atom stereocenters. The Morgan fingerprint density at radius 2 is 1.89 bits per heavy atom. The van der Waals surface area contributed by atoms with Gasteiger partial charge in [-0.15, -0.1) is 0 Å². The normalized spacial score (nSPS) is 10.9. The molecule has 0 bridgehead atoms. The highest BCUT2D eigenvalue weighted by molar-refractivity contribution is 5.38. The van der Waals surface area contributed by atoms with Crippen LogP contribution in [0.25, 0.3) is 0 Å². The Balaban J connectivity index is 2.79. The zero-order valence-electron chi connectivity index (χ0n) is 9.65. The summed E-state index contributed by atoms with van der Waals surface area (Å²) in [5, 5.41) is 0. The average molecular weight is 259 g/mol. The lowest BCUT2D eigenvalue weighted by atomic mass is 10.1. The van der Waals surface area contributed by atoms with Gasteiger partial charge in [0.2, 0.25) is 0 Å². The minimum atomic E-state index is -4.69. The van der Waals surface area contributed by atoms with E-state index in [0.29, 0.717) is 13.0 Å². The maximum atomic E-state index is 13.0. The Labute approximate surface area is 103 Å². The number of benzene rings is 1. The Morgan fingerprint density at radius 3 is 2.50 bits per heavy atom. The molecule has 0 fully saturated rings. The second-order valence-electron chi connectivity index (χ2n) is 3.74. The summed E-state index contributed by atoms with van der Waals surface area (Å²) in [6.45, 7) is 0.566. The molecule has 0 aliphatic rings. The Bertz CT molecular complexity index is 454. The first-order chi connectivity index (χ1) is 8.45. The fourth-order valence-electron chi connectivity index (χ4n) is 1.34. The van der Waals surface area contributed by atoms with Crippen LogP contribution in [0.3, 0.4) is 0 Å². The van der Waals surface area contributed by atoms with Gasteiger partial charge in [-0.3, -0.25) is 0 Å². The van der Waals surface area contributed by atoms with E-state index in [9.17, 15) is 17.6 Å². The van der Waals surface area contributed by atoms with Crippen LogP contribution in [0.15, 0.2) is 18.2 Å². The van der Waals surface area contributed by atoms with Gasteiger partial charge in [0, 0.05) is 12.0 Å². The summed E-state index contributed by atoms with van der Waals surface area (Å²) in [6, 6.07) is 2.75. The van der Waals surface area contributed by atoms with Gasteiger partial charge in [0.15, 0.2) is 0 Å². The van der Waals surface area contributed by atoms with E-state index in [1.807, 2.05) is 0 Å². The van der Waals surface area contributed by atoms with Crippen molar-refractivity contribution in [2.45, 2.75) is 25.4 Å². The van der Waals surface area contributed by atoms with Gasteiger partial charge in [0.05, 0.1) is 5.56 Å². The molecule has 0 aromatic heterocycles. The fourth-order valence-corrected chi connectivity index (χ4v) is 1.34. The molecule has 0 spiro atoms. The third-order valence-electron chi connectivity index (χ3n) is 2.26. The van der Waals surface area contributed by atoms with Crippen LogP contribution in [0, 0.1) is 17.7 Å². The fraction of sp³-hybridized carbons (Fsp3) is 0.385. The van der Waals surface area contributed by atoms with Crippen molar-refractivity contribution in [1.29, 1.82) is 0 Å². The maximum Gasteiger partial charge on any atom is 0.419 e. The lowest BCUT2D eigenvalue weighted by Crippen LogP contribution is -2.08. The number of halogens is 4. The molecule has 98 valence electrons. The molecule has 0 radical (unpaired) electrons. The van der Waals surface area contributed by atoms with Crippen LogP contribution in [0.5, 0.6) is 0 Å². The molecule has 1 aromatic rings. The van der Waals surface area contributed by atoms with Crippen LogP contribution < -0.4 is 5.73 Å². The summed E-state index contributed by atoms with van der Waals surface area (Å²) in [4.78, 5) is 0. The first-order valence-corrected chi connectivity index (χ1v) is 5.51. The summed E-state index contributed by atoms with van der Waals surface area (Å²) < 4.78 is 50.2. The highest BCUT2D eigenvalue weighted by atomic mass is 19.4. The molecule has 0 aliphatic heterocycles. The Morgan fingerprint density at radius 1 is 1.17 bits per heavy atom. The van der Waals surface area contributed by atoms with Crippen molar-refractivity contribution in [3.05, 3.63) is 35.1 Å². The standard InChI is InChI=1S/C13H13F4N/c14-12-7-6-10(5-3-1-2-4-8-18)9-11(12)13(15,16)17/h6-7,9H,1-2,4,8,18H2. The largest absolute Gasteiger partial charge is 0.419 e. The van der Waals surface area contributed by atoms with Crippen molar-refractivity contribution in [2.75, 3.05) is 6.54 Å². The van der Waals surface area contributed by atoms with Gasteiger partial charge in [0.1, 0.15) is 5.82 Å². The molecule has 2 N–H and O–H groups in total. The molecule has 1 rings (SSSR count). The summed E-state index contributed by atoms with van der Waals surface area (Å²) in [5.41, 5.74) is 4.17. The zero-order chi connectivity index (χ0) is 13.6. The third-order valence-corrected chi connectivity index (χ3v) is 2.26. The maximum absolute atomic E-state index is 13.0. The Kier molecular flexibility index (Phi) is 5.17. The lowest BCUT2D eigenvalue weighted by Gasteiger charge is -2.07. The van der Waals surface area contributed by atoms with Crippen molar-refractivity contribution in [2.24, 2.45) is 5.73 Å². The van der Waals surface area contributed by atoms with Crippen LogP contribution in [-0.2, 0) is 6.18 Å². The summed E-state index contributed by atoms with van der Waals surface area (Å²) in [5.74, 6) is 4.04. The first kappa shape index (κ1) is 14.5. The molecule has 1 nitrogen and oxygen atoms in total. The number of hydrogen-bond donors (Lipinski definition) is 1. The van der Waals surface area contributed by atoms with E-state index in [1.165, 1.54) is 6.07 Å². The molecule has 1 aromatic carbocycles. The van der Waals surface area contributed by atoms with Gasteiger partial charge < -0.3 is 5.73 Å². The highest BCUT2D eigenvalue weighted by Crippen LogP contribution is 2.31. The van der Waals surface area contributed by atoms with E-state index in [2.05, 4.69) is 11.8 Å². The van der Waals surface area contributed by atoms with Crippen LogP contribution in [-0.4, -0.2) is 6.54 Å². The topological polar surface area (TPSA) is 26.0 Å². The zero-order valence-corrected chi connectivity index (χ0v) is 9.65. The van der Waals surface area contributed by atoms with Crippen molar-refractivity contribution in [3.63, 3.8) is 0 Å². The predicted molar refractivity (Wildman–Crippen MR) is 61.2 cm³/mol. The van der Waals surface area contributed by atoms with Crippen LogP contribution in [0.1, 0.15) is 30.4 Å². The van der Waals surface area contributed by atoms with Gasteiger partial charge in [-0.2, -0.15) is 13.2 Å². The number of nitrogens with two attached hydrogens (primary N) is 1. The molecule has 0 heterocycles. The molecular formula is C13H13F4N. The number of rotatable bonds is 3. The second kappa shape index (κ2) is 6.41. The molecule has 0 saturated carbocycles. The predicted octanol–water partition coefficient (Wildman–Crippen LogP) is 3.33. The summed E-state index contributed by atoms with van der Waals surface area (Å²) >= 11 is 0. The SMILES string of the molecule is NCCCCC#Cc1ccc(F)c(C(F)(F)F)c1. The third kappa shape index (κ3) is 4.38. The number of hydrogen-bond acceptors (Lipinski definition) is 1. The molecule has 0 unspecified atom stereocenters. The molecule has 18 heavy (non-hydrogen) atoms. The van der Waals surface area contributed by atoms with Crippen LogP contribution in [0.4, 0.5) is 17.6 Å². The summed E-state index contributed by atoms with van der Waals surface area (Å²) in [6.07, 6.45) is -2.50. The van der Waals surface area contributed by atoms with E-state index in [4.69, 9.17) is 5.73 Å². The molecular weight excluding hydrogens is 246 g/mol. The number of alkyl halides is 3. The molecule has 0 aliphatic carbocycles. The number of unbranched alkanes of at least 4 members (excludes halogenated alkanes) is 2. The van der Waals surface area contributed by atoms with Crippen molar-refractivity contribution in [3.8, 4) is 11.8 Å². The van der Waals surface area contributed by atoms with E-state index in [-0.39, 0.29) is 5.56 Å². The van der Waals surface area contributed by atoms with Crippen LogP contribution >= 0.6 is 0 Å². The molecule has 5 heteroatoms. The Hall–Kier alpha value is -1.54. The monoisotopic (exact) mass is 259 g/mol. The van der Waals surface area contributed by atoms with E-state index < -0.39 is 17.6 Å². The van der Waals surface area contributed by atoms with Crippen molar-refractivity contribution >= 4 is 0 Å². The minimum Gasteiger partial charge on any atom is -0.330 e. The molecule has 0 amide bonds. The quantitative estimate of drug-likeness (QED) is 0.503. The first-order valence-electron chi connectivity index (χ1n) is 5.51. The van der Waals surface area contributed by atoms with E-state index >= 15 is 0 Å². The molecule has 0 saturated heterocycles. The van der Waals surface area contributed by atoms with Gasteiger partial charge in [0.25, 0.3) is 0 Å². The van der Waals surface area contributed by atoms with Gasteiger partial charge in [-0.05, 0) is 37.6 Å². The van der Waals surface area contributed by atoms with Crippen LogP contribution in [0.2, 0.25) is 0 Å². The van der Waals surface area contributed by atoms with E-state index in [1.54, 1.807) is 0 Å². The summed E-state index contributed by atoms with van der Waals surface area (Å²) in [7, 11) is 0.